The van der Waals surface area contributed by atoms with Crippen molar-refractivity contribution in [2.75, 3.05) is 13.1 Å². The second-order valence-corrected chi connectivity index (χ2v) is 7.52. The molecule has 28 heavy (non-hydrogen) atoms. The van der Waals surface area contributed by atoms with E-state index in [9.17, 15) is 4.79 Å². The van der Waals surface area contributed by atoms with Crippen molar-refractivity contribution in [3.63, 3.8) is 0 Å². The van der Waals surface area contributed by atoms with Gasteiger partial charge in [-0.15, -0.1) is 12.4 Å². The molecule has 1 amide bonds. The van der Waals surface area contributed by atoms with E-state index in [4.69, 9.17) is 16.3 Å². The molecule has 1 unspecified atom stereocenters. The van der Waals surface area contributed by atoms with Crippen molar-refractivity contribution in [3.05, 3.63) is 65.2 Å². The van der Waals surface area contributed by atoms with E-state index >= 15 is 0 Å². The molecule has 0 fully saturated rings. The van der Waals surface area contributed by atoms with E-state index in [2.05, 4.69) is 37.9 Å². The summed E-state index contributed by atoms with van der Waals surface area (Å²) in [5.41, 5.74) is 0.730. The molecule has 2 aromatic rings. The Morgan fingerprint density at radius 2 is 1.68 bits per heavy atom. The number of halogens is 2. The molecule has 2 aromatic carbocycles. The van der Waals surface area contributed by atoms with Crippen molar-refractivity contribution < 1.29 is 9.53 Å². The van der Waals surface area contributed by atoms with Crippen molar-refractivity contribution in [1.82, 2.24) is 10.2 Å². The van der Waals surface area contributed by atoms with Gasteiger partial charge in [0.2, 0.25) is 6.10 Å². The lowest BCUT2D eigenvalue weighted by Gasteiger charge is -2.30. The summed E-state index contributed by atoms with van der Waals surface area (Å²) in [6, 6.07) is 17.4. The number of ether oxygens (including phenoxy) is 1. The third kappa shape index (κ3) is 7.34. The summed E-state index contributed by atoms with van der Waals surface area (Å²) >= 11 is 6.12. The molecule has 0 aliphatic carbocycles. The van der Waals surface area contributed by atoms with Gasteiger partial charge in [0, 0.05) is 35.8 Å². The highest BCUT2D eigenvalue weighted by Crippen LogP contribution is 2.24. The number of nitrogens with zero attached hydrogens (tertiary/aromatic N) is 1. The first-order valence-corrected chi connectivity index (χ1v) is 9.77. The number of benzene rings is 2. The first-order valence-electron chi connectivity index (χ1n) is 9.39. The number of carbonyl (C=O) groups excluding carboxylic acids is 1. The van der Waals surface area contributed by atoms with Crippen LogP contribution in [0.1, 0.15) is 39.4 Å². The minimum absolute atomic E-state index is 0. The monoisotopic (exact) mass is 424 g/mol. The van der Waals surface area contributed by atoms with Crippen LogP contribution in [-0.4, -0.2) is 36.0 Å². The minimum Gasteiger partial charge on any atom is -0.476 e. The Bertz CT molecular complexity index is 715. The molecular formula is C22H30Cl2N2O2. The van der Waals surface area contributed by atoms with E-state index in [1.807, 2.05) is 42.5 Å². The van der Waals surface area contributed by atoms with Crippen molar-refractivity contribution >= 4 is 29.9 Å². The van der Waals surface area contributed by atoms with Gasteiger partial charge < -0.3 is 10.1 Å². The lowest BCUT2D eigenvalue weighted by Crippen LogP contribution is -2.43. The molecule has 0 bridgehead atoms. The average Bonchev–Trinajstić information content (AvgIpc) is 2.63. The fraction of sp³-hybridized carbons (Fsp3) is 0.409. The Labute approximate surface area is 179 Å². The fourth-order valence-corrected chi connectivity index (χ4v) is 3.29. The number of carbonyl (C=O) groups is 1. The van der Waals surface area contributed by atoms with E-state index in [-0.39, 0.29) is 18.3 Å². The zero-order valence-corrected chi connectivity index (χ0v) is 18.5. The standard InChI is InChI=1S/C22H29ClN2O2.ClH/c1-16(2)25(17(3)4)14-13-24-22(26)21(18-9-8-10-19(23)15-18)27-20-11-6-5-7-12-20;/h5-12,15-17,21H,13-14H2,1-4H3,(H,24,26);1H. The summed E-state index contributed by atoms with van der Waals surface area (Å²) < 4.78 is 5.99. The van der Waals surface area contributed by atoms with Gasteiger partial charge >= 0.3 is 0 Å². The van der Waals surface area contributed by atoms with Gasteiger partial charge in [-0.25, -0.2) is 0 Å². The van der Waals surface area contributed by atoms with E-state index in [1.165, 1.54) is 0 Å². The van der Waals surface area contributed by atoms with Crippen LogP contribution in [-0.2, 0) is 4.79 Å². The zero-order valence-electron chi connectivity index (χ0n) is 16.9. The third-order valence-corrected chi connectivity index (χ3v) is 4.62. The quantitative estimate of drug-likeness (QED) is 0.607. The molecule has 0 aromatic heterocycles. The molecule has 0 spiro atoms. The SMILES string of the molecule is CC(C)N(CCNC(=O)C(Oc1ccccc1)c1cccc(Cl)c1)C(C)C.Cl. The van der Waals surface area contributed by atoms with E-state index in [0.717, 1.165) is 12.1 Å². The predicted molar refractivity (Wildman–Crippen MR) is 118 cm³/mol. The van der Waals surface area contributed by atoms with Crippen LogP contribution in [0, 0.1) is 0 Å². The Kier molecular flexibility index (Phi) is 10.4. The molecular weight excluding hydrogens is 395 g/mol. The Morgan fingerprint density at radius 1 is 1.04 bits per heavy atom. The number of amides is 1. The highest BCUT2D eigenvalue weighted by atomic mass is 35.5. The number of rotatable bonds is 9. The number of nitrogens with one attached hydrogen (secondary N) is 1. The molecule has 0 saturated carbocycles. The van der Waals surface area contributed by atoms with E-state index in [0.29, 0.717) is 29.4 Å². The summed E-state index contributed by atoms with van der Waals surface area (Å²) in [6.07, 6.45) is -0.752. The Morgan fingerprint density at radius 3 is 2.25 bits per heavy atom. The normalized spacial score (nSPS) is 12.0. The third-order valence-electron chi connectivity index (χ3n) is 4.38. The molecule has 1 N–H and O–H groups in total. The molecule has 0 aliphatic rings. The second-order valence-electron chi connectivity index (χ2n) is 7.08. The van der Waals surface area contributed by atoms with Crippen LogP contribution in [0.4, 0.5) is 0 Å². The maximum atomic E-state index is 12.9. The molecule has 154 valence electrons. The molecule has 4 nitrogen and oxygen atoms in total. The van der Waals surface area contributed by atoms with E-state index in [1.54, 1.807) is 12.1 Å². The summed E-state index contributed by atoms with van der Waals surface area (Å²) in [4.78, 5) is 15.2. The van der Waals surface area contributed by atoms with Gasteiger partial charge in [-0.2, -0.15) is 0 Å². The van der Waals surface area contributed by atoms with Crippen molar-refractivity contribution in [2.24, 2.45) is 0 Å². The van der Waals surface area contributed by atoms with Gasteiger partial charge in [0.15, 0.2) is 0 Å². The molecule has 0 saturated heterocycles. The molecule has 6 heteroatoms. The van der Waals surface area contributed by atoms with Crippen LogP contribution in [0.2, 0.25) is 5.02 Å². The van der Waals surface area contributed by atoms with Crippen LogP contribution in [0.25, 0.3) is 0 Å². The molecule has 0 radical (unpaired) electrons. The highest BCUT2D eigenvalue weighted by molar-refractivity contribution is 6.30. The molecule has 1 atom stereocenters. The van der Waals surface area contributed by atoms with Crippen LogP contribution in [0.15, 0.2) is 54.6 Å². The summed E-state index contributed by atoms with van der Waals surface area (Å²) in [5, 5.41) is 3.59. The van der Waals surface area contributed by atoms with Crippen LogP contribution >= 0.6 is 24.0 Å². The van der Waals surface area contributed by atoms with Gasteiger partial charge in [-0.3, -0.25) is 9.69 Å². The van der Waals surface area contributed by atoms with Crippen LogP contribution in [0.3, 0.4) is 0 Å². The minimum atomic E-state index is -0.752. The van der Waals surface area contributed by atoms with Crippen LogP contribution < -0.4 is 10.1 Å². The largest absolute Gasteiger partial charge is 0.476 e. The average molecular weight is 425 g/mol. The number of para-hydroxylation sites is 1. The number of hydrogen-bond acceptors (Lipinski definition) is 3. The number of hydrogen-bond donors (Lipinski definition) is 1. The predicted octanol–water partition coefficient (Wildman–Crippen LogP) is 5.12. The van der Waals surface area contributed by atoms with Gasteiger partial charge in [-0.05, 0) is 52.0 Å². The van der Waals surface area contributed by atoms with Gasteiger partial charge in [0.1, 0.15) is 5.75 Å². The summed E-state index contributed by atoms with van der Waals surface area (Å²) in [7, 11) is 0. The zero-order chi connectivity index (χ0) is 19.8. The van der Waals surface area contributed by atoms with Crippen molar-refractivity contribution in [1.29, 1.82) is 0 Å². The second kappa shape index (κ2) is 11.9. The van der Waals surface area contributed by atoms with Gasteiger partial charge in [0.05, 0.1) is 0 Å². The summed E-state index contributed by atoms with van der Waals surface area (Å²) in [6.45, 7) is 9.99. The molecule has 2 rings (SSSR count). The molecule has 0 heterocycles. The Hall–Kier alpha value is -1.75. The summed E-state index contributed by atoms with van der Waals surface area (Å²) in [5.74, 6) is 0.470. The Balaban J connectivity index is 0.00000392. The van der Waals surface area contributed by atoms with Crippen molar-refractivity contribution in [3.8, 4) is 5.75 Å². The maximum absolute atomic E-state index is 12.9. The first kappa shape index (κ1) is 24.3. The topological polar surface area (TPSA) is 41.6 Å². The highest BCUT2D eigenvalue weighted by Gasteiger charge is 2.23. The fourth-order valence-electron chi connectivity index (χ4n) is 3.09. The lowest BCUT2D eigenvalue weighted by atomic mass is 10.1. The lowest BCUT2D eigenvalue weighted by molar-refractivity contribution is -0.128. The van der Waals surface area contributed by atoms with Crippen LogP contribution in [0.5, 0.6) is 5.75 Å². The van der Waals surface area contributed by atoms with Crippen molar-refractivity contribution in [2.45, 2.75) is 45.9 Å². The first-order chi connectivity index (χ1) is 12.9. The van der Waals surface area contributed by atoms with Gasteiger partial charge in [-0.1, -0.05) is 41.9 Å². The molecule has 0 aliphatic heterocycles. The smallest absolute Gasteiger partial charge is 0.265 e. The maximum Gasteiger partial charge on any atom is 0.265 e. The van der Waals surface area contributed by atoms with E-state index < -0.39 is 6.10 Å². The van der Waals surface area contributed by atoms with Gasteiger partial charge in [0.25, 0.3) is 5.91 Å².